The van der Waals surface area contributed by atoms with Crippen molar-refractivity contribution in [3.05, 3.63) is 42.1 Å². The zero-order chi connectivity index (χ0) is 25.6. The Bertz CT molecular complexity index is 1430. The highest BCUT2D eigenvalue weighted by Gasteiger charge is 2.29. The van der Waals surface area contributed by atoms with E-state index in [0.717, 1.165) is 12.8 Å². The van der Waals surface area contributed by atoms with Crippen molar-refractivity contribution in [3.63, 3.8) is 0 Å². The minimum atomic E-state index is -0.648. The van der Waals surface area contributed by atoms with Crippen LogP contribution < -0.4 is 15.4 Å². The molecule has 5 rings (SSSR count). The molecule has 1 fully saturated rings. The number of halogens is 1. The summed E-state index contributed by atoms with van der Waals surface area (Å²) in [4.78, 5) is 17.1. The summed E-state index contributed by atoms with van der Waals surface area (Å²) in [6.45, 7) is 5.61. The van der Waals surface area contributed by atoms with Crippen LogP contribution in [0, 0.1) is 5.82 Å². The maximum atomic E-state index is 15.3. The lowest BCUT2D eigenvalue weighted by Gasteiger charge is -2.33. The summed E-state index contributed by atoms with van der Waals surface area (Å²) in [5, 5.41) is 25.1. The van der Waals surface area contributed by atoms with Gasteiger partial charge in [0.05, 0.1) is 41.7 Å². The number of fused-ring (bicyclic) bond motifs is 2. The number of carbonyl (C=O) groups is 1. The number of nitrogens with one attached hydrogen (secondary N) is 2. The van der Waals surface area contributed by atoms with Crippen molar-refractivity contribution in [2.24, 2.45) is 0 Å². The number of pyridine rings is 1. The fourth-order valence-corrected chi connectivity index (χ4v) is 4.72. The van der Waals surface area contributed by atoms with Crippen LogP contribution in [0.3, 0.4) is 0 Å². The van der Waals surface area contributed by atoms with Gasteiger partial charge in [0.15, 0.2) is 5.82 Å². The van der Waals surface area contributed by atoms with Crippen molar-refractivity contribution in [1.82, 2.24) is 29.5 Å². The molecule has 190 valence electrons. The van der Waals surface area contributed by atoms with Gasteiger partial charge in [-0.15, -0.1) is 5.10 Å². The van der Waals surface area contributed by atoms with Gasteiger partial charge in [-0.1, -0.05) is 0 Å². The van der Waals surface area contributed by atoms with Crippen LogP contribution in [-0.4, -0.2) is 60.0 Å². The van der Waals surface area contributed by atoms with Gasteiger partial charge in [0.1, 0.15) is 5.52 Å². The number of rotatable bonds is 6. The standard InChI is InChI=1S/C25H30FN7O3/c1-14(2)28-22(34)17-12-27-32-10-7-15(11-19(17)32)20-18(26)13-33-21(20)23(36-4)30-24(31-33)29-16-5-8-25(3,35)9-6-16/h7,10-14,16,35H,5-6,8-9H2,1-4H3,(H,28,34)(H,29,31). The Kier molecular flexibility index (Phi) is 6.03. The number of nitrogens with zero attached hydrogens (tertiary/aromatic N) is 5. The van der Waals surface area contributed by atoms with Crippen LogP contribution in [-0.2, 0) is 0 Å². The smallest absolute Gasteiger partial charge is 0.255 e. The van der Waals surface area contributed by atoms with E-state index in [1.54, 1.807) is 22.8 Å². The Morgan fingerprint density at radius 1 is 1.31 bits per heavy atom. The summed E-state index contributed by atoms with van der Waals surface area (Å²) in [6.07, 6.45) is 7.39. The summed E-state index contributed by atoms with van der Waals surface area (Å²) in [5.74, 6) is -0.197. The highest BCUT2D eigenvalue weighted by Crippen LogP contribution is 2.35. The lowest BCUT2D eigenvalue weighted by molar-refractivity contribution is 0.0195. The quantitative estimate of drug-likeness (QED) is 0.375. The molecule has 1 saturated carbocycles. The lowest BCUT2D eigenvalue weighted by atomic mass is 9.84. The van der Waals surface area contributed by atoms with Crippen molar-refractivity contribution in [2.45, 2.75) is 64.1 Å². The van der Waals surface area contributed by atoms with E-state index in [9.17, 15) is 9.90 Å². The third-order valence-corrected chi connectivity index (χ3v) is 6.62. The molecule has 0 unspecified atom stereocenters. The van der Waals surface area contributed by atoms with E-state index in [4.69, 9.17) is 4.74 Å². The van der Waals surface area contributed by atoms with Gasteiger partial charge in [-0.25, -0.2) is 13.4 Å². The number of anilines is 1. The average Bonchev–Trinajstić information content (AvgIpc) is 3.39. The Hall–Kier alpha value is -3.73. The van der Waals surface area contributed by atoms with Gasteiger partial charge < -0.3 is 20.5 Å². The van der Waals surface area contributed by atoms with Crippen molar-refractivity contribution < 1.29 is 19.0 Å². The van der Waals surface area contributed by atoms with Crippen molar-refractivity contribution in [1.29, 1.82) is 0 Å². The molecule has 0 aliphatic heterocycles. The first-order valence-corrected chi connectivity index (χ1v) is 12.1. The summed E-state index contributed by atoms with van der Waals surface area (Å²) in [6, 6.07) is 3.52. The first kappa shape index (κ1) is 24.0. The van der Waals surface area contributed by atoms with Crippen LogP contribution >= 0.6 is 0 Å². The fourth-order valence-electron chi connectivity index (χ4n) is 4.72. The zero-order valence-electron chi connectivity index (χ0n) is 20.7. The van der Waals surface area contributed by atoms with Gasteiger partial charge in [-0.3, -0.25) is 4.79 Å². The molecule has 4 heterocycles. The van der Waals surface area contributed by atoms with Gasteiger partial charge >= 0.3 is 0 Å². The van der Waals surface area contributed by atoms with Crippen molar-refractivity contribution in [3.8, 4) is 17.0 Å². The molecule has 4 aromatic heterocycles. The molecule has 0 spiro atoms. The molecular formula is C25H30FN7O3. The molecular weight excluding hydrogens is 465 g/mol. The molecule has 36 heavy (non-hydrogen) atoms. The van der Waals surface area contributed by atoms with Crippen LogP contribution in [0.1, 0.15) is 56.8 Å². The summed E-state index contributed by atoms with van der Waals surface area (Å²) in [5.41, 5.74) is 1.49. The number of carbonyl (C=O) groups excluding carboxylic acids is 1. The second-order valence-electron chi connectivity index (χ2n) is 9.94. The summed E-state index contributed by atoms with van der Waals surface area (Å²) in [7, 11) is 1.48. The molecule has 1 aliphatic rings. The first-order valence-electron chi connectivity index (χ1n) is 12.1. The first-order chi connectivity index (χ1) is 17.1. The minimum absolute atomic E-state index is 0.0329. The van der Waals surface area contributed by atoms with E-state index in [-0.39, 0.29) is 29.4 Å². The largest absolute Gasteiger partial charge is 0.479 e. The third kappa shape index (κ3) is 4.46. The Morgan fingerprint density at radius 2 is 2.06 bits per heavy atom. The number of hydrogen-bond donors (Lipinski definition) is 3. The molecule has 0 saturated heterocycles. The zero-order valence-corrected chi connectivity index (χ0v) is 20.7. The van der Waals surface area contributed by atoms with Crippen LogP contribution in [0.15, 0.2) is 30.7 Å². The topological polar surface area (TPSA) is 118 Å². The van der Waals surface area contributed by atoms with E-state index in [1.165, 1.54) is 24.0 Å². The molecule has 1 aliphatic carbocycles. The maximum Gasteiger partial charge on any atom is 0.255 e. The minimum Gasteiger partial charge on any atom is -0.479 e. The van der Waals surface area contributed by atoms with Crippen molar-refractivity contribution in [2.75, 3.05) is 12.4 Å². The number of aliphatic hydroxyl groups is 1. The molecule has 1 amide bonds. The number of aromatic nitrogens is 5. The molecule has 11 heteroatoms. The molecule has 0 bridgehead atoms. The Labute approximate surface area is 207 Å². The number of hydrogen-bond acceptors (Lipinski definition) is 7. The fraction of sp³-hybridized carbons (Fsp3) is 0.440. The number of ether oxygens (including phenoxy) is 1. The van der Waals surface area contributed by atoms with E-state index in [0.29, 0.717) is 41.0 Å². The molecule has 3 N–H and O–H groups in total. The predicted octanol–water partition coefficient (Wildman–Crippen LogP) is 3.44. The van der Waals surface area contributed by atoms with Gasteiger partial charge in [0.2, 0.25) is 11.8 Å². The Morgan fingerprint density at radius 3 is 2.75 bits per heavy atom. The molecule has 10 nitrogen and oxygen atoms in total. The Balaban J connectivity index is 1.53. The number of methoxy groups -OCH3 is 1. The number of amides is 1. The monoisotopic (exact) mass is 495 g/mol. The predicted molar refractivity (Wildman–Crippen MR) is 133 cm³/mol. The van der Waals surface area contributed by atoms with Crippen LogP contribution in [0.2, 0.25) is 0 Å². The molecule has 0 radical (unpaired) electrons. The van der Waals surface area contributed by atoms with Gasteiger partial charge in [0.25, 0.3) is 5.91 Å². The highest BCUT2D eigenvalue weighted by molar-refractivity contribution is 6.01. The maximum absolute atomic E-state index is 15.3. The van der Waals surface area contributed by atoms with E-state index in [2.05, 4.69) is 25.8 Å². The van der Waals surface area contributed by atoms with Gasteiger partial charge in [0, 0.05) is 18.3 Å². The summed E-state index contributed by atoms with van der Waals surface area (Å²) >= 11 is 0. The lowest BCUT2D eigenvalue weighted by Crippen LogP contribution is -2.36. The average molecular weight is 496 g/mol. The van der Waals surface area contributed by atoms with Crippen LogP contribution in [0.5, 0.6) is 5.88 Å². The van der Waals surface area contributed by atoms with Crippen LogP contribution in [0.25, 0.3) is 22.2 Å². The molecule has 0 atom stereocenters. The van der Waals surface area contributed by atoms with Crippen molar-refractivity contribution >= 4 is 22.9 Å². The SMILES string of the molecule is COc1nc(NC2CCC(C)(O)CC2)nn2cc(F)c(-c3ccn4ncc(C(=O)NC(C)C)c4c3)c12. The van der Waals surface area contributed by atoms with Gasteiger partial charge in [-0.2, -0.15) is 10.1 Å². The molecule has 4 aromatic rings. The highest BCUT2D eigenvalue weighted by atomic mass is 19.1. The second kappa shape index (κ2) is 9.05. The normalized spacial score (nSPS) is 20.2. The van der Waals surface area contributed by atoms with E-state index < -0.39 is 11.4 Å². The van der Waals surface area contributed by atoms with Gasteiger partial charge in [-0.05, 0) is 64.2 Å². The van der Waals surface area contributed by atoms with Crippen LogP contribution in [0.4, 0.5) is 10.3 Å². The van der Waals surface area contributed by atoms with E-state index >= 15 is 4.39 Å². The second-order valence-corrected chi connectivity index (χ2v) is 9.94. The third-order valence-electron chi connectivity index (χ3n) is 6.62. The van der Waals surface area contributed by atoms with E-state index in [1.807, 2.05) is 20.8 Å². The molecule has 0 aromatic carbocycles. The summed E-state index contributed by atoms with van der Waals surface area (Å²) < 4.78 is 23.9.